The van der Waals surface area contributed by atoms with Crippen molar-refractivity contribution >= 4 is 76.2 Å². The monoisotopic (exact) mass is 581 g/mol. The number of alkyl carbamates (subject to hydrolysis) is 1. The quantitative estimate of drug-likeness (QED) is 0.121. The van der Waals surface area contributed by atoms with Crippen LogP contribution in [0.1, 0.15) is 12.5 Å². The first-order valence-electron chi connectivity index (χ1n) is 10.1. The number of rotatable bonds is 8. The van der Waals surface area contributed by atoms with Gasteiger partial charge in [0.15, 0.2) is 0 Å². The molecule has 0 aliphatic carbocycles. The smallest absolute Gasteiger partial charge is 0.408 e. The Morgan fingerprint density at radius 2 is 1.81 bits per heavy atom. The molecule has 2 heterocycles. The predicted octanol–water partition coefficient (Wildman–Crippen LogP) is 2.83. The van der Waals surface area contributed by atoms with E-state index in [1.54, 1.807) is 0 Å². The van der Waals surface area contributed by atoms with Gasteiger partial charge in [-0.3, -0.25) is 24.5 Å². The van der Waals surface area contributed by atoms with Crippen molar-refractivity contribution in [2.45, 2.75) is 34.0 Å². The van der Waals surface area contributed by atoms with Gasteiger partial charge in [-0.05, 0) is 17.7 Å². The van der Waals surface area contributed by atoms with Crippen LogP contribution >= 0.6 is 46.6 Å². The highest BCUT2D eigenvalue weighted by molar-refractivity contribution is 8.01. The first-order valence-corrected chi connectivity index (χ1v) is 12.1. The minimum atomic E-state index is -1.84. The number of amides is 2. The molecule has 194 valence electrons. The lowest BCUT2D eigenvalue weighted by molar-refractivity contribution is -0.384. The van der Waals surface area contributed by atoms with E-state index in [4.69, 9.17) is 49.0 Å². The molecule has 1 aromatic rings. The zero-order valence-electron chi connectivity index (χ0n) is 18.4. The number of alkyl halides is 3. The molecule has 0 spiro atoms. The van der Waals surface area contributed by atoms with E-state index < -0.39 is 55.9 Å². The minimum Gasteiger partial charge on any atom is -0.461 e. The normalized spacial score (nSPS) is 20.9. The van der Waals surface area contributed by atoms with Gasteiger partial charge in [0, 0.05) is 30.8 Å². The fourth-order valence-corrected chi connectivity index (χ4v) is 4.70. The summed E-state index contributed by atoms with van der Waals surface area (Å²) in [5, 5.41) is 11.5. The number of halogens is 3. The molecule has 3 rings (SSSR count). The molecule has 12 nitrogen and oxygen atoms in total. The van der Waals surface area contributed by atoms with Crippen molar-refractivity contribution in [3.63, 3.8) is 0 Å². The van der Waals surface area contributed by atoms with Crippen molar-refractivity contribution in [3.05, 3.63) is 51.7 Å². The maximum absolute atomic E-state index is 12.7. The summed E-state index contributed by atoms with van der Waals surface area (Å²) in [5.41, 5.74) is 0.660. The second-order valence-electron chi connectivity index (χ2n) is 7.48. The van der Waals surface area contributed by atoms with E-state index in [0.717, 1.165) is 11.8 Å². The van der Waals surface area contributed by atoms with E-state index in [1.807, 2.05) is 0 Å². The molecule has 0 bridgehead atoms. The van der Waals surface area contributed by atoms with Crippen molar-refractivity contribution in [1.82, 2.24) is 10.2 Å². The number of carbonyl (C=O) groups excluding carboxylic acids is 4. The Bertz CT molecular complexity index is 1090. The highest BCUT2D eigenvalue weighted by atomic mass is 35.6. The van der Waals surface area contributed by atoms with Gasteiger partial charge in [0.1, 0.15) is 36.5 Å². The molecule has 1 N–H and O–H groups in total. The Kier molecular flexibility index (Phi) is 8.93. The van der Waals surface area contributed by atoms with Gasteiger partial charge in [-0.2, -0.15) is 0 Å². The number of nitrogens with one attached hydrogen (secondary N) is 1. The number of thioether (sulfide) groups is 1. The van der Waals surface area contributed by atoms with Crippen molar-refractivity contribution in [1.29, 1.82) is 0 Å². The third-order valence-electron chi connectivity index (χ3n) is 4.82. The number of benzene rings is 1. The van der Waals surface area contributed by atoms with Gasteiger partial charge in [-0.1, -0.05) is 34.8 Å². The molecule has 0 aromatic heterocycles. The molecule has 2 aliphatic rings. The number of nitro groups is 1. The van der Waals surface area contributed by atoms with Gasteiger partial charge in [0.25, 0.3) is 11.6 Å². The molecule has 0 saturated carbocycles. The van der Waals surface area contributed by atoms with Crippen LogP contribution in [0.4, 0.5) is 10.5 Å². The summed E-state index contributed by atoms with van der Waals surface area (Å²) in [6.07, 6.45) is 0.450. The van der Waals surface area contributed by atoms with Gasteiger partial charge in [-0.25, -0.2) is 4.79 Å². The number of hydrogen-bond donors (Lipinski definition) is 1. The number of nitrogens with zero attached hydrogens (tertiary/aromatic N) is 2. The van der Waals surface area contributed by atoms with Gasteiger partial charge in [0.2, 0.25) is 3.79 Å². The highest BCUT2D eigenvalue weighted by Gasteiger charge is 2.53. The lowest BCUT2D eigenvalue weighted by Crippen LogP contribution is -2.69. The van der Waals surface area contributed by atoms with E-state index >= 15 is 0 Å². The molecule has 2 amide bonds. The largest absolute Gasteiger partial charge is 0.461 e. The topological polar surface area (TPSA) is 154 Å². The van der Waals surface area contributed by atoms with Gasteiger partial charge in [-0.15, -0.1) is 11.8 Å². The highest BCUT2D eigenvalue weighted by Crippen LogP contribution is 2.41. The Morgan fingerprint density at radius 1 is 1.14 bits per heavy atom. The van der Waals surface area contributed by atoms with E-state index in [1.165, 1.54) is 42.3 Å². The van der Waals surface area contributed by atoms with Crippen molar-refractivity contribution in [3.8, 4) is 0 Å². The molecule has 0 radical (unpaired) electrons. The number of ether oxygens (including phenoxy) is 3. The maximum atomic E-state index is 12.7. The van der Waals surface area contributed by atoms with Crippen molar-refractivity contribution in [2.75, 3.05) is 13.2 Å². The van der Waals surface area contributed by atoms with Crippen LogP contribution in [-0.2, 0) is 35.2 Å². The third kappa shape index (κ3) is 7.15. The standard InChI is InChI=1S/C20H18Cl3N3O9S/c1-10(27)33-8-12-6-25-16(28)14(17(25)36-15(12)18(29)35-9-20(21,22)23)24-19(30)34-7-11-2-4-13(5-3-11)26(31)32/h2-6,14-15,17H,7-9H2,1H3,(H,24,30)/t14?,15?,17-/m1/s1. The number of hydrogen-bond acceptors (Lipinski definition) is 10. The Hall–Kier alpha value is -2.74. The van der Waals surface area contributed by atoms with E-state index in [2.05, 4.69) is 5.32 Å². The van der Waals surface area contributed by atoms with Crippen LogP contribution < -0.4 is 5.32 Å². The second kappa shape index (κ2) is 11.5. The average molecular weight is 583 g/mol. The van der Waals surface area contributed by atoms with Crippen LogP contribution in [0.15, 0.2) is 36.0 Å². The number of fused-ring (bicyclic) bond motifs is 1. The molecule has 3 atom stereocenters. The fraction of sp³-hybridized carbons (Fsp3) is 0.400. The summed E-state index contributed by atoms with van der Waals surface area (Å²) >= 11 is 17.9. The SMILES string of the molecule is CC(=O)OCC1=CN2C(=O)C(NC(=O)OCc3ccc([N+](=O)[O-])cc3)[C@H]2SC1C(=O)OCC(Cl)(Cl)Cl. The molecule has 16 heteroatoms. The van der Waals surface area contributed by atoms with Crippen LogP contribution in [-0.4, -0.2) is 67.4 Å². The van der Waals surface area contributed by atoms with Crippen LogP contribution in [0, 0.1) is 10.1 Å². The zero-order valence-corrected chi connectivity index (χ0v) is 21.4. The third-order valence-corrected chi connectivity index (χ3v) is 6.69. The summed E-state index contributed by atoms with van der Waals surface area (Å²) in [5.74, 6) is -1.86. The number of carbonyl (C=O) groups is 4. The zero-order chi connectivity index (χ0) is 26.6. The maximum Gasteiger partial charge on any atom is 0.408 e. The lowest BCUT2D eigenvalue weighted by Gasteiger charge is -2.48. The average Bonchev–Trinajstić information content (AvgIpc) is 2.82. The molecular weight excluding hydrogens is 565 g/mol. The van der Waals surface area contributed by atoms with E-state index in [0.29, 0.717) is 5.56 Å². The summed E-state index contributed by atoms with van der Waals surface area (Å²) in [6, 6.07) is 4.38. The van der Waals surface area contributed by atoms with Crippen LogP contribution in [0.5, 0.6) is 0 Å². The molecule has 36 heavy (non-hydrogen) atoms. The molecular formula is C20H18Cl3N3O9S. The number of nitro benzene ring substituents is 1. The Morgan fingerprint density at radius 3 is 2.39 bits per heavy atom. The summed E-state index contributed by atoms with van der Waals surface area (Å²) in [6.45, 7) is 0.192. The first-order chi connectivity index (χ1) is 16.9. The molecule has 2 unspecified atom stereocenters. The van der Waals surface area contributed by atoms with E-state index in [-0.39, 0.29) is 24.5 Å². The summed E-state index contributed by atoms with van der Waals surface area (Å²) < 4.78 is 13.3. The number of non-ortho nitro benzene ring substituents is 1. The second-order valence-corrected chi connectivity index (χ2v) is 11.2. The molecule has 1 aromatic carbocycles. The predicted molar refractivity (Wildman–Crippen MR) is 128 cm³/mol. The van der Waals surface area contributed by atoms with Crippen LogP contribution in [0.2, 0.25) is 0 Å². The number of esters is 2. The molecule has 1 saturated heterocycles. The van der Waals surface area contributed by atoms with Crippen LogP contribution in [0.25, 0.3) is 0 Å². The van der Waals surface area contributed by atoms with Crippen LogP contribution in [0.3, 0.4) is 0 Å². The minimum absolute atomic E-state index is 0.110. The summed E-state index contributed by atoms with van der Waals surface area (Å²) in [4.78, 5) is 60.2. The lowest BCUT2D eigenvalue weighted by atomic mass is 10.1. The van der Waals surface area contributed by atoms with Gasteiger partial charge in [0.05, 0.1) is 4.92 Å². The van der Waals surface area contributed by atoms with Crippen molar-refractivity contribution in [2.24, 2.45) is 0 Å². The summed E-state index contributed by atoms with van der Waals surface area (Å²) in [7, 11) is 0. The Balaban J connectivity index is 1.63. The molecule has 2 aliphatic heterocycles. The first kappa shape index (κ1) is 27.8. The van der Waals surface area contributed by atoms with Gasteiger partial charge >= 0.3 is 18.0 Å². The van der Waals surface area contributed by atoms with Crippen molar-refractivity contribution < 1.29 is 38.3 Å². The number of β-lactam (4-membered cyclic amide) rings is 1. The van der Waals surface area contributed by atoms with Gasteiger partial charge < -0.3 is 24.4 Å². The van der Waals surface area contributed by atoms with E-state index in [9.17, 15) is 29.3 Å². The fourth-order valence-electron chi connectivity index (χ4n) is 3.14. The Labute approximate surface area is 223 Å². The molecule has 1 fully saturated rings.